The van der Waals surface area contributed by atoms with Gasteiger partial charge in [0.15, 0.2) is 12.0 Å². The number of hydrogen-bond donors (Lipinski definition) is 0. The summed E-state index contributed by atoms with van der Waals surface area (Å²) in [6, 6.07) is 62.3. The van der Waals surface area contributed by atoms with Crippen molar-refractivity contribution in [1.29, 1.82) is 0 Å². The first-order valence-electron chi connectivity index (χ1n) is 17.4. The van der Waals surface area contributed by atoms with Crippen LogP contribution in [0.2, 0.25) is 0 Å². The Morgan fingerprint density at radius 3 is 1.59 bits per heavy atom. The highest BCUT2D eigenvalue weighted by atomic mass is 15.3. The second-order valence-corrected chi connectivity index (χ2v) is 13.1. The summed E-state index contributed by atoms with van der Waals surface area (Å²) in [6.45, 7) is 0. The van der Waals surface area contributed by atoms with Crippen LogP contribution in [0.3, 0.4) is 0 Å². The normalized spacial score (nSPS) is 14.8. The molecule has 51 heavy (non-hydrogen) atoms. The molecule has 0 saturated carbocycles. The van der Waals surface area contributed by atoms with Gasteiger partial charge in [0.1, 0.15) is 5.84 Å². The number of aliphatic imine (C=N–C) groups is 2. The molecule has 3 heterocycles. The molecule has 0 fully saturated rings. The quantitative estimate of drug-likeness (QED) is 0.182. The van der Waals surface area contributed by atoms with Crippen LogP contribution in [-0.2, 0) is 0 Å². The lowest BCUT2D eigenvalue weighted by Gasteiger charge is -2.32. The predicted octanol–water partition coefficient (Wildman–Crippen LogP) is 10.7. The molecule has 5 heteroatoms. The second kappa shape index (κ2) is 11.7. The molecule has 9 aromatic rings. The van der Waals surface area contributed by atoms with E-state index < -0.39 is 0 Å². The fraction of sp³-hybridized carbons (Fsp3) is 0.0435. The van der Waals surface area contributed by atoms with Crippen LogP contribution in [0.4, 0.5) is 0 Å². The molecule has 0 N–H and O–H groups in total. The van der Waals surface area contributed by atoms with Crippen LogP contribution >= 0.6 is 0 Å². The highest BCUT2D eigenvalue weighted by Gasteiger charge is 2.27. The van der Waals surface area contributed by atoms with Gasteiger partial charge in [-0.05, 0) is 54.1 Å². The zero-order valence-electron chi connectivity index (χ0n) is 28.1. The molecular weight excluding hydrogens is 623 g/mol. The summed E-state index contributed by atoms with van der Waals surface area (Å²) in [5.74, 6) is 1.63. The van der Waals surface area contributed by atoms with Crippen molar-refractivity contribution in [3.63, 3.8) is 0 Å². The number of amidine groups is 2. The van der Waals surface area contributed by atoms with Crippen molar-refractivity contribution in [3.05, 3.63) is 193 Å². The van der Waals surface area contributed by atoms with Crippen molar-refractivity contribution in [3.8, 4) is 11.4 Å². The highest BCUT2D eigenvalue weighted by Crippen LogP contribution is 2.42. The van der Waals surface area contributed by atoms with Crippen molar-refractivity contribution in [1.82, 2.24) is 14.0 Å². The van der Waals surface area contributed by atoms with E-state index >= 15 is 0 Å². The monoisotopic (exact) mass is 655 g/mol. The molecule has 7 aromatic carbocycles. The summed E-state index contributed by atoms with van der Waals surface area (Å²) in [5, 5.41) is 5.01. The number of hydrogen-bond acceptors (Lipinski definition) is 3. The van der Waals surface area contributed by atoms with Gasteiger partial charge in [-0.1, -0.05) is 127 Å². The molecule has 1 aliphatic heterocycles. The summed E-state index contributed by atoms with van der Waals surface area (Å²) in [7, 11) is 2.09. The largest absolute Gasteiger partial charge is 0.333 e. The lowest BCUT2D eigenvalue weighted by molar-refractivity contribution is 0.383. The summed E-state index contributed by atoms with van der Waals surface area (Å²) in [5.41, 5.74) is 10.2. The highest BCUT2D eigenvalue weighted by molar-refractivity contribution is 6.29. The van der Waals surface area contributed by atoms with Gasteiger partial charge in [0.2, 0.25) is 0 Å². The first kappa shape index (κ1) is 29.2. The predicted molar refractivity (Wildman–Crippen MR) is 212 cm³/mol. The topological polar surface area (TPSA) is 37.8 Å². The van der Waals surface area contributed by atoms with Gasteiger partial charge in [-0.15, -0.1) is 0 Å². The molecule has 0 amide bonds. The van der Waals surface area contributed by atoms with Gasteiger partial charge in [0.05, 0.1) is 22.1 Å². The van der Waals surface area contributed by atoms with E-state index in [0.717, 1.165) is 39.7 Å². The molecule has 10 rings (SSSR count). The lowest BCUT2D eigenvalue weighted by Crippen LogP contribution is -2.35. The minimum atomic E-state index is -0.267. The fourth-order valence-electron chi connectivity index (χ4n) is 7.88. The maximum Gasteiger partial charge on any atom is 0.159 e. The Labute approximate surface area is 295 Å². The molecular formula is C46H33N5. The first-order chi connectivity index (χ1) is 25.2. The van der Waals surface area contributed by atoms with Crippen LogP contribution in [0.1, 0.15) is 22.9 Å². The third-order valence-electron chi connectivity index (χ3n) is 10.1. The van der Waals surface area contributed by atoms with Gasteiger partial charge < -0.3 is 14.0 Å². The van der Waals surface area contributed by atoms with Gasteiger partial charge in [-0.25, -0.2) is 9.98 Å². The molecule has 5 nitrogen and oxygen atoms in total. The van der Waals surface area contributed by atoms with Crippen LogP contribution in [0, 0.1) is 0 Å². The van der Waals surface area contributed by atoms with Gasteiger partial charge in [0, 0.05) is 51.1 Å². The lowest BCUT2D eigenvalue weighted by atomic mass is 10.1. The van der Waals surface area contributed by atoms with E-state index in [1.807, 2.05) is 24.3 Å². The van der Waals surface area contributed by atoms with Gasteiger partial charge in [0.25, 0.3) is 0 Å². The van der Waals surface area contributed by atoms with E-state index in [9.17, 15) is 0 Å². The Morgan fingerprint density at radius 1 is 0.451 bits per heavy atom. The summed E-state index contributed by atoms with van der Waals surface area (Å²) in [6.07, 6.45) is -0.267. The van der Waals surface area contributed by atoms with E-state index in [0.29, 0.717) is 0 Å². The minimum absolute atomic E-state index is 0.267. The third kappa shape index (κ3) is 4.62. The Kier molecular flexibility index (Phi) is 6.71. The van der Waals surface area contributed by atoms with E-state index in [-0.39, 0.29) is 6.17 Å². The molecule has 242 valence electrons. The number of benzene rings is 7. The van der Waals surface area contributed by atoms with E-state index in [4.69, 9.17) is 9.98 Å². The summed E-state index contributed by atoms with van der Waals surface area (Å²) in [4.78, 5) is 12.6. The minimum Gasteiger partial charge on any atom is -0.333 e. The van der Waals surface area contributed by atoms with Crippen LogP contribution in [0.5, 0.6) is 0 Å². The zero-order valence-corrected chi connectivity index (χ0v) is 28.1. The molecule has 0 radical (unpaired) electrons. The van der Waals surface area contributed by atoms with E-state index in [1.54, 1.807) is 0 Å². The van der Waals surface area contributed by atoms with Crippen LogP contribution in [0.15, 0.2) is 186 Å². The van der Waals surface area contributed by atoms with Crippen molar-refractivity contribution >= 4 is 55.3 Å². The van der Waals surface area contributed by atoms with Gasteiger partial charge >= 0.3 is 0 Å². The Hall–Kier alpha value is -6.72. The standard InChI is InChI=1S/C46H33N5/c1-49-45(32-18-7-3-8-19-32)47-44(31-16-5-2-6-17-31)48-46(49)33-20-15-23-35(30-33)51-39-27-14-12-25-37(39)43-41(51)29-28-40-42(43)36-24-11-13-26-38(36)50(40)34-21-9-4-10-22-34/h2-30,46H,1H3. The second-order valence-electron chi connectivity index (χ2n) is 13.1. The molecule has 0 aliphatic carbocycles. The van der Waals surface area contributed by atoms with Crippen molar-refractivity contribution in [2.45, 2.75) is 6.17 Å². The number of fused-ring (bicyclic) bond motifs is 7. The van der Waals surface area contributed by atoms with Crippen LogP contribution < -0.4 is 0 Å². The van der Waals surface area contributed by atoms with Gasteiger partial charge in [-0.2, -0.15) is 0 Å². The van der Waals surface area contributed by atoms with E-state index in [2.05, 4.69) is 173 Å². The molecule has 0 saturated heterocycles. The average Bonchev–Trinajstić information content (AvgIpc) is 3.72. The molecule has 0 bridgehead atoms. The van der Waals surface area contributed by atoms with Gasteiger partial charge in [-0.3, -0.25) is 0 Å². The first-order valence-corrected chi connectivity index (χ1v) is 17.4. The molecule has 1 aliphatic rings. The Bertz CT molecular complexity index is 2810. The number of nitrogens with zero attached hydrogens (tertiary/aromatic N) is 5. The third-order valence-corrected chi connectivity index (χ3v) is 10.1. The SMILES string of the molecule is CN1C(c2ccccc2)=NC(c2ccccc2)=NC1c1cccc(-n2c3ccccc3c3c4c5ccccc5n(-c5ccccc5)c4ccc32)c1. The summed E-state index contributed by atoms with van der Waals surface area (Å²) < 4.78 is 4.81. The van der Waals surface area contributed by atoms with Crippen molar-refractivity contribution in [2.75, 3.05) is 7.05 Å². The maximum atomic E-state index is 5.28. The molecule has 1 atom stereocenters. The average molecular weight is 656 g/mol. The number of aromatic nitrogens is 2. The summed E-state index contributed by atoms with van der Waals surface area (Å²) >= 11 is 0. The molecule has 0 spiro atoms. The maximum absolute atomic E-state index is 5.28. The Morgan fingerprint density at radius 2 is 0.961 bits per heavy atom. The smallest absolute Gasteiger partial charge is 0.159 e. The van der Waals surface area contributed by atoms with Crippen LogP contribution in [0.25, 0.3) is 55.0 Å². The van der Waals surface area contributed by atoms with Crippen LogP contribution in [-0.4, -0.2) is 32.8 Å². The molecule has 2 aromatic heterocycles. The molecule has 1 unspecified atom stereocenters. The number of rotatable bonds is 5. The van der Waals surface area contributed by atoms with E-state index in [1.165, 1.54) is 43.6 Å². The van der Waals surface area contributed by atoms with Crippen molar-refractivity contribution in [2.24, 2.45) is 9.98 Å². The number of para-hydroxylation sites is 3. The zero-order chi connectivity index (χ0) is 33.9. The fourth-order valence-corrected chi connectivity index (χ4v) is 7.88. The van der Waals surface area contributed by atoms with Crippen molar-refractivity contribution < 1.29 is 0 Å². The Balaban J connectivity index is 1.19.